The van der Waals surface area contributed by atoms with Crippen molar-refractivity contribution in [3.8, 4) is 0 Å². The van der Waals surface area contributed by atoms with Crippen molar-refractivity contribution < 1.29 is 8.42 Å². The third-order valence-corrected chi connectivity index (χ3v) is 6.62. The van der Waals surface area contributed by atoms with Gasteiger partial charge in [0, 0.05) is 30.1 Å². The Morgan fingerprint density at radius 1 is 1.33 bits per heavy atom. The summed E-state index contributed by atoms with van der Waals surface area (Å²) in [5.74, 6) is 0.196. The molecular weight excluding hydrogens is 352 g/mol. The molecule has 1 heterocycles. The summed E-state index contributed by atoms with van der Waals surface area (Å²) >= 11 is 3.59. The molecule has 0 aromatic heterocycles. The lowest BCUT2D eigenvalue weighted by Gasteiger charge is -2.31. The zero-order valence-electron chi connectivity index (χ0n) is 12.6. The molecule has 21 heavy (non-hydrogen) atoms. The molecule has 0 unspecified atom stereocenters. The van der Waals surface area contributed by atoms with Crippen LogP contribution < -0.4 is 5.32 Å². The van der Waals surface area contributed by atoms with Crippen molar-refractivity contribution in [1.82, 2.24) is 9.62 Å². The van der Waals surface area contributed by atoms with E-state index in [1.807, 2.05) is 0 Å². The first-order chi connectivity index (χ1) is 9.92. The van der Waals surface area contributed by atoms with E-state index < -0.39 is 10.0 Å². The summed E-state index contributed by atoms with van der Waals surface area (Å²) in [7, 11) is -3.03. The Kier molecular flexibility index (Phi) is 5.82. The highest BCUT2D eigenvalue weighted by atomic mass is 79.9. The number of hydrogen-bond donors (Lipinski definition) is 1. The summed E-state index contributed by atoms with van der Waals surface area (Å²) < 4.78 is 26.4. The number of benzene rings is 1. The van der Waals surface area contributed by atoms with Gasteiger partial charge in [-0.15, -0.1) is 0 Å². The first-order valence-corrected chi connectivity index (χ1v) is 9.79. The maximum absolute atomic E-state index is 11.8. The molecule has 0 radical (unpaired) electrons. The van der Waals surface area contributed by atoms with Crippen LogP contribution in [0.25, 0.3) is 0 Å². The van der Waals surface area contributed by atoms with E-state index in [9.17, 15) is 8.42 Å². The van der Waals surface area contributed by atoms with Gasteiger partial charge < -0.3 is 5.32 Å². The van der Waals surface area contributed by atoms with E-state index in [4.69, 9.17) is 0 Å². The first kappa shape index (κ1) is 16.9. The second-order valence-corrected chi connectivity index (χ2v) is 8.66. The van der Waals surface area contributed by atoms with Gasteiger partial charge in [-0.25, -0.2) is 12.7 Å². The highest BCUT2D eigenvalue weighted by Gasteiger charge is 2.26. The van der Waals surface area contributed by atoms with Gasteiger partial charge in [-0.3, -0.25) is 0 Å². The number of nitrogens with zero attached hydrogens (tertiary/aromatic N) is 1. The summed E-state index contributed by atoms with van der Waals surface area (Å²) in [6.07, 6.45) is 1.76. The molecule has 118 valence electrons. The highest BCUT2D eigenvalue weighted by molar-refractivity contribution is 9.10. The molecule has 0 atom stereocenters. The molecule has 1 saturated heterocycles. The number of sulfonamides is 1. The van der Waals surface area contributed by atoms with E-state index in [0.717, 1.165) is 23.9 Å². The molecule has 6 heteroatoms. The maximum Gasteiger partial charge on any atom is 0.213 e. The summed E-state index contributed by atoms with van der Waals surface area (Å²) in [5.41, 5.74) is 2.48. The molecule has 1 N–H and O–H groups in total. The van der Waals surface area contributed by atoms with Crippen molar-refractivity contribution in [1.29, 1.82) is 0 Å². The smallest absolute Gasteiger partial charge is 0.213 e. The van der Waals surface area contributed by atoms with Crippen LogP contribution in [-0.4, -0.2) is 37.6 Å². The van der Waals surface area contributed by atoms with Gasteiger partial charge in [0.1, 0.15) is 0 Å². The van der Waals surface area contributed by atoms with Crippen LogP contribution in [-0.2, 0) is 16.6 Å². The van der Waals surface area contributed by atoms with Crippen LogP contribution in [0.4, 0.5) is 0 Å². The van der Waals surface area contributed by atoms with Crippen molar-refractivity contribution in [3.05, 3.63) is 33.8 Å². The largest absolute Gasteiger partial charge is 0.310 e. The van der Waals surface area contributed by atoms with Gasteiger partial charge in [0.15, 0.2) is 0 Å². The number of rotatable bonds is 5. The summed E-state index contributed by atoms with van der Waals surface area (Å²) in [6, 6.07) is 6.75. The second kappa shape index (κ2) is 7.22. The Morgan fingerprint density at radius 3 is 2.57 bits per heavy atom. The Hall–Kier alpha value is -0.430. The number of aryl methyl sites for hydroxylation is 1. The predicted octanol–water partition coefficient (Wildman–Crippen LogP) is 2.66. The summed E-state index contributed by atoms with van der Waals surface area (Å²) in [4.78, 5) is 0. The molecule has 1 fully saturated rings. The fourth-order valence-electron chi connectivity index (χ4n) is 2.57. The number of hydrogen-bond acceptors (Lipinski definition) is 3. The fourth-order valence-corrected chi connectivity index (χ4v) is 4.34. The minimum absolute atomic E-state index is 0.196. The van der Waals surface area contributed by atoms with E-state index in [2.05, 4.69) is 46.4 Å². The molecule has 4 nitrogen and oxygen atoms in total. The fraction of sp³-hybridized carbons (Fsp3) is 0.600. The minimum atomic E-state index is -3.03. The monoisotopic (exact) mass is 374 g/mol. The molecule has 0 aliphatic carbocycles. The van der Waals surface area contributed by atoms with Crippen LogP contribution in [0.1, 0.15) is 30.9 Å². The third kappa shape index (κ3) is 4.52. The van der Waals surface area contributed by atoms with Gasteiger partial charge in [-0.1, -0.05) is 28.1 Å². The van der Waals surface area contributed by atoms with E-state index in [-0.39, 0.29) is 5.75 Å². The van der Waals surface area contributed by atoms with Crippen LogP contribution in [0.3, 0.4) is 0 Å². The van der Waals surface area contributed by atoms with Gasteiger partial charge in [0.05, 0.1) is 5.75 Å². The molecular formula is C15H23BrN2O2S. The first-order valence-electron chi connectivity index (χ1n) is 7.38. The summed E-state index contributed by atoms with van der Waals surface area (Å²) in [6.45, 7) is 5.85. The van der Waals surface area contributed by atoms with Gasteiger partial charge in [-0.05, 0) is 43.9 Å². The lowest BCUT2D eigenvalue weighted by Crippen LogP contribution is -2.45. The lowest BCUT2D eigenvalue weighted by atomic mass is 10.1. The van der Waals surface area contributed by atoms with Crippen LogP contribution in [0.5, 0.6) is 0 Å². The Morgan fingerprint density at radius 2 is 2.00 bits per heavy atom. The molecule has 2 rings (SSSR count). The van der Waals surface area contributed by atoms with Gasteiger partial charge >= 0.3 is 0 Å². The van der Waals surface area contributed by atoms with Crippen LogP contribution in [0, 0.1) is 6.92 Å². The van der Waals surface area contributed by atoms with Crippen LogP contribution >= 0.6 is 15.9 Å². The molecule has 1 aromatic carbocycles. The second-order valence-electron chi connectivity index (χ2n) is 5.55. The number of nitrogens with one attached hydrogen (secondary N) is 1. The number of halogens is 1. The molecule has 0 spiro atoms. The summed E-state index contributed by atoms with van der Waals surface area (Å²) in [5, 5.41) is 3.54. The Labute approximate surface area is 136 Å². The van der Waals surface area contributed by atoms with Crippen LogP contribution in [0.2, 0.25) is 0 Å². The maximum atomic E-state index is 11.8. The zero-order valence-corrected chi connectivity index (χ0v) is 15.0. The highest BCUT2D eigenvalue weighted by Crippen LogP contribution is 2.20. The molecule has 1 aromatic rings. The van der Waals surface area contributed by atoms with Crippen molar-refractivity contribution in [2.24, 2.45) is 0 Å². The van der Waals surface area contributed by atoms with E-state index in [0.29, 0.717) is 19.1 Å². The molecule has 1 aliphatic rings. The van der Waals surface area contributed by atoms with Crippen molar-refractivity contribution in [3.63, 3.8) is 0 Å². The third-order valence-electron chi connectivity index (χ3n) is 4.00. The quantitative estimate of drug-likeness (QED) is 0.861. The lowest BCUT2D eigenvalue weighted by molar-refractivity contribution is 0.289. The topological polar surface area (TPSA) is 49.4 Å². The standard InChI is InChI=1S/C15H23BrN2O2S/c1-3-21(19,20)18-8-6-14(7-9-18)17-11-13-5-4-12(2)10-15(13)16/h4-5,10,14,17H,3,6-9,11H2,1-2H3. The predicted molar refractivity (Wildman–Crippen MR) is 89.8 cm³/mol. The van der Waals surface area contributed by atoms with Crippen molar-refractivity contribution in [2.75, 3.05) is 18.8 Å². The molecule has 1 aliphatic heterocycles. The average Bonchev–Trinajstić information content (AvgIpc) is 2.47. The van der Waals surface area contributed by atoms with E-state index in [1.54, 1.807) is 11.2 Å². The average molecular weight is 375 g/mol. The number of piperidine rings is 1. The van der Waals surface area contributed by atoms with Crippen molar-refractivity contribution >= 4 is 26.0 Å². The van der Waals surface area contributed by atoms with Crippen LogP contribution in [0.15, 0.2) is 22.7 Å². The van der Waals surface area contributed by atoms with E-state index >= 15 is 0 Å². The SMILES string of the molecule is CCS(=O)(=O)N1CCC(NCc2ccc(C)cc2Br)CC1. The zero-order chi connectivity index (χ0) is 15.5. The van der Waals surface area contributed by atoms with Gasteiger partial charge in [0.2, 0.25) is 10.0 Å². The Bertz CT molecular complexity index is 581. The van der Waals surface area contributed by atoms with Crippen molar-refractivity contribution in [2.45, 2.75) is 39.3 Å². The van der Waals surface area contributed by atoms with Gasteiger partial charge in [-0.2, -0.15) is 0 Å². The molecule has 0 bridgehead atoms. The minimum Gasteiger partial charge on any atom is -0.310 e. The van der Waals surface area contributed by atoms with E-state index in [1.165, 1.54) is 11.1 Å². The normalized spacial score (nSPS) is 18.0. The molecule has 0 saturated carbocycles. The molecule has 0 amide bonds. The van der Waals surface area contributed by atoms with Gasteiger partial charge in [0.25, 0.3) is 0 Å². The Balaban J connectivity index is 1.84.